The van der Waals surface area contributed by atoms with Gasteiger partial charge in [-0.15, -0.1) is 6.58 Å². The zero-order valence-corrected chi connectivity index (χ0v) is 8.72. The van der Waals surface area contributed by atoms with Gasteiger partial charge in [-0.05, 0) is 38.0 Å². The summed E-state index contributed by atoms with van der Waals surface area (Å²) < 4.78 is 0. The predicted octanol–water partition coefficient (Wildman–Crippen LogP) is 2.96. The van der Waals surface area contributed by atoms with Crippen LogP contribution in [-0.4, -0.2) is 6.04 Å². The molecule has 3 unspecified atom stereocenters. The van der Waals surface area contributed by atoms with Crippen molar-refractivity contribution >= 4 is 0 Å². The molecule has 0 spiro atoms. The highest BCUT2D eigenvalue weighted by molar-refractivity contribution is 4.72. The molecule has 1 heteroatoms. The van der Waals surface area contributed by atoms with Crippen molar-refractivity contribution in [2.75, 3.05) is 0 Å². The average Bonchev–Trinajstić information content (AvgIpc) is 1.98. The normalized spacial score (nSPS) is 18.3. The second-order valence-corrected chi connectivity index (χ2v) is 4.03. The van der Waals surface area contributed by atoms with Crippen LogP contribution >= 0.6 is 0 Å². The van der Waals surface area contributed by atoms with Crippen molar-refractivity contribution in [1.29, 1.82) is 0 Å². The molecular weight excluding hydrogens is 146 g/mol. The van der Waals surface area contributed by atoms with Gasteiger partial charge in [0.25, 0.3) is 0 Å². The summed E-state index contributed by atoms with van der Waals surface area (Å²) in [5.74, 6) is 1.51. The van der Waals surface area contributed by atoms with Crippen molar-refractivity contribution in [2.45, 2.75) is 46.1 Å². The van der Waals surface area contributed by atoms with Crippen molar-refractivity contribution in [1.82, 2.24) is 0 Å². The molecule has 1 nitrogen and oxygen atoms in total. The molecule has 12 heavy (non-hydrogen) atoms. The van der Waals surface area contributed by atoms with Gasteiger partial charge >= 0.3 is 0 Å². The molecule has 0 aromatic rings. The molecule has 0 fully saturated rings. The molecule has 0 aliphatic rings. The van der Waals surface area contributed by atoms with Gasteiger partial charge in [0.1, 0.15) is 0 Å². The highest BCUT2D eigenvalue weighted by Crippen LogP contribution is 2.20. The summed E-state index contributed by atoms with van der Waals surface area (Å²) in [4.78, 5) is 0. The van der Waals surface area contributed by atoms with Crippen LogP contribution in [0.1, 0.15) is 40.0 Å². The zero-order valence-electron chi connectivity index (χ0n) is 8.72. The van der Waals surface area contributed by atoms with E-state index in [4.69, 9.17) is 5.73 Å². The first-order valence-electron chi connectivity index (χ1n) is 4.94. The lowest BCUT2D eigenvalue weighted by molar-refractivity contribution is 0.329. The molecule has 0 amide bonds. The van der Waals surface area contributed by atoms with Crippen LogP contribution in [0.25, 0.3) is 0 Å². The number of rotatable bonds is 6. The second-order valence-electron chi connectivity index (χ2n) is 4.03. The third-order valence-electron chi connectivity index (χ3n) is 2.54. The van der Waals surface area contributed by atoms with Gasteiger partial charge in [0.2, 0.25) is 0 Å². The van der Waals surface area contributed by atoms with Crippen LogP contribution in [0.3, 0.4) is 0 Å². The van der Waals surface area contributed by atoms with E-state index in [9.17, 15) is 0 Å². The van der Waals surface area contributed by atoms with Gasteiger partial charge in [-0.3, -0.25) is 0 Å². The highest BCUT2D eigenvalue weighted by Gasteiger charge is 2.12. The van der Waals surface area contributed by atoms with E-state index in [1.165, 1.54) is 6.42 Å². The number of nitrogens with two attached hydrogens (primary N) is 1. The van der Waals surface area contributed by atoms with Crippen LogP contribution in [0.4, 0.5) is 0 Å². The lowest BCUT2D eigenvalue weighted by Crippen LogP contribution is -2.21. The van der Waals surface area contributed by atoms with Gasteiger partial charge in [-0.1, -0.05) is 19.9 Å². The summed E-state index contributed by atoms with van der Waals surface area (Å²) in [5.41, 5.74) is 5.74. The van der Waals surface area contributed by atoms with Gasteiger partial charge in [0.15, 0.2) is 0 Å². The molecule has 0 saturated carbocycles. The average molecular weight is 169 g/mol. The van der Waals surface area contributed by atoms with Gasteiger partial charge in [0.05, 0.1) is 0 Å². The van der Waals surface area contributed by atoms with E-state index in [0.29, 0.717) is 6.04 Å². The molecule has 72 valence electrons. The Morgan fingerprint density at radius 1 is 1.25 bits per heavy atom. The third-order valence-corrected chi connectivity index (χ3v) is 2.54. The number of allylic oxidation sites excluding steroid dienone is 1. The largest absolute Gasteiger partial charge is 0.328 e. The molecule has 3 atom stereocenters. The smallest absolute Gasteiger partial charge is 0.00131 e. The summed E-state index contributed by atoms with van der Waals surface area (Å²) in [6.45, 7) is 10.4. The fourth-order valence-electron chi connectivity index (χ4n) is 1.48. The van der Waals surface area contributed by atoms with Crippen LogP contribution in [0.15, 0.2) is 12.7 Å². The van der Waals surface area contributed by atoms with Crippen molar-refractivity contribution in [3.8, 4) is 0 Å². The molecule has 2 N–H and O–H groups in total. The Morgan fingerprint density at radius 3 is 2.25 bits per heavy atom. The predicted molar refractivity (Wildman–Crippen MR) is 56.0 cm³/mol. The minimum Gasteiger partial charge on any atom is -0.328 e. The Balaban J connectivity index is 3.60. The number of hydrogen-bond acceptors (Lipinski definition) is 1. The summed E-state index contributed by atoms with van der Waals surface area (Å²) in [6.07, 6.45) is 5.51. The summed E-state index contributed by atoms with van der Waals surface area (Å²) in [5, 5.41) is 0. The van der Waals surface area contributed by atoms with Crippen LogP contribution in [-0.2, 0) is 0 Å². The van der Waals surface area contributed by atoms with Gasteiger partial charge < -0.3 is 5.73 Å². The first kappa shape index (κ1) is 11.7. The summed E-state index contributed by atoms with van der Waals surface area (Å²) in [6, 6.07) is 0.339. The van der Waals surface area contributed by atoms with Gasteiger partial charge in [-0.2, -0.15) is 0 Å². The molecule has 0 rings (SSSR count). The van der Waals surface area contributed by atoms with E-state index < -0.39 is 0 Å². The monoisotopic (exact) mass is 169 g/mol. The van der Waals surface area contributed by atoms with Crippen LogP contribution in [0, 0.1) is 11.8 Å². The summed E-state index contributed by atoms with van der Waals surface area (Å²) in [7, 11) is 0. The fourth-order valence-corrected chi connectivity index (χ4v) is 1.48. The van der Waals surface area contributed by atoms with E-state index in [2.05, 4.69) is 27.4 Å². The van der Waals surface area contributed by atoms with E-state index in [0.717, 1.165) is 24.7 Å². The Bertz CT molecular complexity index is 118. The lowest BCUT2D eigenvalue weighted by atomic mass is 9.87. The molecule has 0 aromatic heterocycles. The lowest BCUT2D eigenvalue weighted by Gasteiger charge is -2.20. The first-order valence-corrected chi connectivity index (χ1v) is 4.94. The molecule has 0 heterocycles. The Morgan fingerprint density at radius 2 is 1.83 bits per heavy atom. The Kier molecular flexibility index (Phi) is 6.09. The fraction of sp³-hybridized carbons (Fsp3) is 0.818. The zero-order chi connectivity index (χ0) is 9.56. The second kappa shape index (κ2) is 6.24. The van der Waals surface area contributed by atoms with Crippen LogP contribution in [0.2, 0.25) is 0 Å². The third kappa shape index (κ3) is 5.36. The van der Waals surface area contributed by atoms with Crippen molar-refractivity contribution < 1.29 is 0 Å². The standard InChI is InChI=1S/C11H23N/c1-5-6-7-9(2)10(3)8-11(4)12/h5,9-11H,1,6-8,12H2,2-4H3. The van der Waals surface area contributed by atoms with Crippen molar-refractivity contribution in [2.24, 2.45) is 17.6 Å². The van der Waals surface area contributed by atoms with Crippen molar-refractivity contribution in [3.63, 3.8) is 0 Å². The molecule has 0 aliphatic heterocycles. The maximum atomic E-state index is 5.74. The van der Waals surface area contributed by atoms with Crippen LogP contribution < -0.4 is 5.73 Å². The summed E-state index contributed by atoms with van der Waals surface area (Å²) >= 11 is 0. The Hall–Kier alpha value is -0.300. The van der Waals surface area contributed by atoms with E-state index in [1.54, 1.807) is 0 Å². The molecule has 0 saturated heterocycles. The topological polar surface area (TPSA) is 26.0 Å². The van der Waals surface area contributed by atoms with E-state index >= 15 is 0 Å². The molecule has 0 bridgehead atoms. The van der Waals surface area contributed by atoms with Crippen LogP contribution in [0.5, 0.6) is 0 Å². The first-order chi connectivity index (χ1) is 5.57. The van der Waals surface area contributed by atoms with Gasteiger partial charge in [-0.25, -0.2) is 0 Å². The molecule has 0 aromatic carbocycles. The van der Waals surface area contributed by atoms with E-state index in [-0.39, 0.29) is 0 Å². The minimum atomic E-state index is 0.339. The van der Waals surface area contributed by atoms with Gasteiger partial charge in [0, 0.05) is 6.04 Å². The molecular formula is C11H23N. The SMILES string of the molecule is C=CCCC(C)C(C)CC(C)N. The van der Waals surface area contributed by atoms with Crippen molar-refractivity contribution in [3.05, 3.63) is 12.7 Å². The highest BCUT2D eigenvalue weighted by atomic mass is 14.6. The minimum absolute atomic E-state index is 0.339. The van der Waals surface area contributed by atoms with E-state index in [1.807, 2.05) is 6.08 Å². The quantitative estimate of drug-likeness (QED) is 0.608. The maximum Gasteiger partial charge on any atom is 0.00131 e. The molecule has 0 radical (unpaired) electrons. The Labute approximate surface area is 77.0 Å². The molecule has 0 aliphatic carbocycles. The maximum absolute atomic E-state index is 5.74. The number of hydrogen-bond donors (Lipinski definition) is 1.